The molecular weight excluding hydrogens is 188 g/mol. The maximum atomic E-state index is 6.07. The second-order valence-corrected chi connectivity index (χ2v) is 4.12. The van der Waals surface area contributed by atoms with Crippen molar-refractivity contribution >= 4 is 0 Å². The first-order chi connectivity index (χ1) is 7.06. The Morgan fingerprint density at radius 1 is 1.07 bits per heavy atom. The second kappa shape index (κ2) is 5.14. The van der Waals surface area contributed by atoms with Gasteiger partial charge in [-0.25, -0.2) is 0 Å². The molecule has 0 aliphatic rings. The topological polar surface area (TPSA) is 61.3 Å². The molecule has 3 nitrogen and oxygen atoms in total. The van der Waals surface area contributed by atoms with Crippen LogP contribution in [0.15, 0.2) is 24.3 Å². The summed E-state index contributed by atoms with van der Waals surface area (Å²) in [5, 5.41) is 0. The first-order valence-electron chi connectivity index (χ1n) is 5.21. The highest BCUT2D eigenvalue weighted by molar-refractivity contribution is 5.29. The van der Waals surface area contributed by atoms with Gasteiger partial charge in [-0.05, 0) is 23.6 Å². The van der Waals surface area contributed by atoms with Gasteiger partial charge in [0, 0.05) is 12.1 Å². The van der Waals surface area contributed by atoms with E-state index in [1.807, 2.05) is 24.3 Å². The summed E-state index contributed by atoms with van der Waals surface area (Å²) in [5.41, 5.74) is 13.1. The number of nitrogens with two attached hydrogens (primary N) is 2. The van der Waals surface area contributed by atoms with Crippen LogP contribution < -0.4 is 16.2 Å². The fourth-order valence-corrected chi connectivity index (χ4v) is 1.46. The summed E-state index contributed by atoms with van der Waals surface area (Å²) in [7, 11) is 1.65. The largest absolute Gasteiger partial charge is 0.497 e. The molecule has 2 atom stereocenters. The lowest BCUT2D eigenvalue weighted by Gasteiger charge is -2.23. The lowest BCUT2D eigenvalue weighted by Crippen LogP contribution is -2.38. The Balaban J connectivity index is 2.78. The number of rotatable bonds is 4. The van der Waals surface area contributed by atoms with E-state index in [1.54, 1.807) is 7.11 Å². The van der Waals surface area contributed by atoms with Crippen molar-refractivity contribution in [2.45, 2.75) is 25.9 Å². The quantitative estimate of drug-likeness (QED) is 0.791. The van der Waals surface area contributed by atoms with Gasteiger partial charge < -0.3 is 16.2 Å². The first-order valence-corrected chi connectivity index (χ1v) is 5.21. The summed E-state index contributed by atoms with van der Waals surface area (Å²) >= 11 is 0. The molecular formula is C12H20N2O. The molecule has 0 bridgehead atoms. The Morgan fingerprint density at radius 3 is 2.00 bits per heavy atom. The standard InChI is InChI=1S/C12H20N2O/c1-8(2)11(13)12(14)9-4-6-10(15-3)7-5-9/h4-8,11-12H,13-14H2,1-3H3. The van der Waals surface area contributed by atoms with Gasteiger partial charge in [-0.2, -0.15) is 0 Å². The van der Waals surface area contributed by atoms with Gasteiger partial charge in [-0.15, -0.1) is 0 Å². The third-order valence-corrected chi connectivity index (χ3v) is 2.69. The molecule has 0 saturated carbocycles. The van der Waals surface area contributed by atoms with E-state index in [9.17, 15) is 0 Å². The van der Waals surface area contributed by atoms with Gasteiger partial charge in [-0.3, -0.25) is 0 Å². The molecule has 0 fully saturated rings. The molecule has 0 aliphatic carbocycles. The predicted octanol–water partition coefficient (Wildman–Crippen LogP) is 1.68. The van der Waals surface area contributed by atoms with Crippen LogP contribution in [0, 0.1) is 5.92 Å². The summed E-state index contributed by atoms with van der Waals surface area (Å²) in [6.45, 7) is 4.15. The van der Waals surface area contributed by atoms with E-state index >= 15 is 0 Å². The minimum Gasteiger partial charge on any atom is -0.497 e. The Kier molecular flexibility index (Phi) is 4.12. The molecule has 3 heteroatoms. The molecule has 15 heavy (non-hydrogen) atoms. The SMILES string of the molecule is COc1ccc(C(N)C(N)C(C)C)cc1. The van der Waals surface area contributed by atoms with Crippen molar-refractivity contribution in [2.75, 3.05) is 7.11 Å². The van der Waals surface area contributed by atoms with Crippen molar-refractivity contribution in [1.82, 2.24) is 0 Å². The summed E-state index contributed by atoms with van der Waals surface area (Å²) < 4.78 is 5.08. The van der Waals surface area contributed by atoms with E-state index < -0.39 is 0 Å². The van der Waals surface area contributed by atoms with Crippen molar-refractivity contribution in [3.05, 3.63) is 29.8 Å². The van der Waals surface area contributed by atoms with Gasteiger partial charge in [-0.1, -0.05) is 26.0 Å². The van der Waals surface area contributed by atoms with Crippen molar-refractivity contribution in [1.29, 1.82) is 0 Å². The van der Waals surface area contributed by atoms with Gasteiger partial charge in [0.15, 0.2) is 0 Å². The minimum atomic E-state index is -0.115. The minimum absolute atomic E-state index is 0.0154. The fourth-order valence-electron chi connectivity index (χ4n) is 1.46. The van der Waals surface area contributed by atoms with Gasteiger partial charge in [0.25, 0.3) is 0 Å². The summed E-state index contributed by atoms with van der Waals surface area (Å²) in [6, 6.07) is 7.61. The molecule has 0 aliphatic heterocycles. The average Bonchev–Trinajstić information content (AvgIpc) is 2.27. The molecule has 1 rings (SSSR count). The van der Waals surface area contributed by atoms with Crippen LogP contribution in [0.2, 0.25) is 0 Å². The number of hydrogen-bond acceptors (Lipinski definition) is 3. The van der Waals surface area contributed by atoms with Crippen molar-refractivity contribution in [3.8, 4) is 5.75 Å². The Morgan fingerprint density at radius 2 is 1.60 bits per heavy atom. The Bertz CT molecular complexity index is 295. The lowest BCUT2D eigenvalue weighted by atomic mass is 9.93. The molecule has 1 aromatic carbocycles. The molecule has 0 saturated heterocycles. The molecule has 1 aromatic rings. The highest BCUT2D eigenvalue weighted by Gasteiger charge is 2.18. The van der Waals surface area contributed by atoms with E-state index in [2.05, 4.69) is 13.8 Å². The van der Waals surface area contributed by atoms with Crippen LogP contribution in [-0.4, -0.2) is 13.2 Å². The van der Waals surface area contributed by atoms with E-state index in [4.69, 9.17) is 16.2 Å². The van der Waals surface area contributed by atoms with Gasteiger partial charge in [0.2, 0.25) is 0 Å². The Labute approximate surface area is 91.4 Å². The number of benzene rings is 1. The normalized spacial score (nSPS) is 15.1. The molecule has 0 amide bonds. The van der Waals surface area contributed by atoms with Crippen LogP contribution in [-0.2, 0) is 0 Å². The average molecular weight is 208 g/mol. The molecule has 84 valence electrons. The van der Waals surface area contributed by atoms with Crippen LogP contribution in [0.4, 0.5) is 0 Å². The number of methoxy groups -OCH3 is 1. The highest BCUT2D eigenvalue weighted by Crippen LogP contribution is 2.20. The number of ether oxygens (including phenoxy) is 1. The van der Waals surface area contributed by atoms with Crippen LogP contribution in [0.5, 0.6) is 5.75 Å². The third kappa shape index (κ3) is 2.94. The first kappa shape index (κ1) is 12.0. The van der Waals surface area contributed by atoms with Gasteiger partial charge in [0.1, 0.15) is 5.75 Å². The fraction of sp³-hybridized carbons (Fsp3) is 0.500. The zero-order valence-electron chi connectivity index (χ0n) is 9.60. The van der Waals surface area contributed by atoms with E-state index in [0.717, 1.165) is 11.3 Å². The van der Waals surface area contributed by atoms with Crippen molar-refractivity contribution < 1.29 is 4.74 Å². The Hall–Kier alpha value is -1.06. The van der Waals surface area contributed by atoms with Crippen molar-refractivity contribution in [3.63, 3.8) is 0 Å². The second-order valence-electron chi connectivity index (χ2n) is 4.12. The summed E-state index contributed by atoms with van der Waals surface area (Å²) in [4.78, 5) is 0. The van der Waals surface area contributed by atoms with E-state index in [1.165, 1.54) is 0 Å². The molecule has 0 spiro atoms. The number of hydrogen-bond donors (Lipinski definition) is 2. The molecule has 0 aromatic heterocycles. The van der Waals surface area contributed by atoms with E-state index in [0.29, 0.717) is 5.92 Å². The summed E-state index contributed by atoms with van der Waals surface area (Å²) in [6.07, 6.45) is 0. The molecule has 4 N–H and O–H groups in total. The maximum Gasteiger partial charge on any atom is 0.118 e. The van der Waals surface area contributed by atoms with E-state index in [-0.39, 0.29) is 12.1 Å². The highest BCUT2D eigenvalue weighted by atomic mass is 16.5. The smallest absolute Gasteiger partial charge is 0.118 e. The van der Waals surface area contributed by atoms with Gasteiger partial charge >= 0.3 is 0 Å². The van der Waals surface area contributed by atoms with Gasteiger partial charge in [0.05, 0.1) is 7.11 Å². The summed E-state index contributed by atoms with van der Waals surface area (Å²) in [5.74, 6) is 1.21. The zero-order chi connectivity index (χ0) is 11.4. The molecule has 0 radical (unpaired) electrons. The van der Waals surface area contributed by atoms with Crippen molar-refractivity contribution in [2.24, 2.45) is 17.4 Å². The molecule has 2 unspecified atom stereocenters. The third-order valence-electron chi connectivity index (χ3n) is 2.69. The molecule has 0 heterocycles. The van der Waals surface area contributed by atoms with Crippen LogP contribution in [0.3, 0.4) is 0 Å². The zero-order valence-corrected chi connectivity index (χ0v) is 9.60. The van der Waals surface area contributed by atoms with Crippen LogP contribution in [0.1, 0.15) is 25.5 Å². The monoisotopic (exact) mass is 208 g/mol. The van der Waals surface area contributed by atoms with Crippen LogP contribution in [0.25, 0.3) is 0 Å². The maximum absolute atomic E-state index is 6.07. The predicted molar refractivity (Wildman–Crippen MR) is 62.7 cm³/mol. The van der Waals surface area contributed by atoms with Crippen LogP contribution >= 0.6 is 0 Å². The lowest BCUT2D eigenvalue weighted by molar-refractivity contribution is 0.411.